The van der Waals surface area contributed by atoms with E-state index in [1.165, 1.54) is 26.4 Å². The predicted octanol–water partition coefficient (Wildman–Crippen LogP) is 2.40. The van der Waals surface area contributed by atoms with Crippen LogP contribution in [0, 0.1) is 10.1 Å². The number of benzene rings is 1. The molecule has 2 aromatic rings. The Labute approximate surface area is 153 Å². The molecule has 1 aromatic heterocycles. The summed E-state index contributed by atoms with van der Waals surface area (Å²) in [6, 6.07) is 7.32. The van der Waals surface area contributed by atoms with Gasteiger partial charge in [0, 0.05) is 12.1 Å². The highest BCUT2D eigenvalue weighted by atomic mass is 16.6. The minimum absolute atomic E-state index is 0.101. The minimum atomic E-state index is -0.818. The van der Waals surface area contributed by atoms with E-state index in [2.05, 4.69) is 5.32 Å². The van der Waals surface area contributed by atoms with E-state index < -0.39 is 29.3 Å². The van der Waals surface area contributed by atoms with Crippen LogP contribution in [0.4, 0.5) is 11.6 Å². The van der Waals surface area contributed by atoms with E-state index in [0.29, 0.717) is 17.2 Å². The van der Waals surface area contributed by atoms with Crippen molar-refractivity contribution in [1.29, 1.82) is 0 Å². The average molecular weight is 376 g/mol. The van der Waals surface area contributed by atoms with Crippen LogP contribution in [0.5, 0.6) is 11.5 Å². The van der Waals surface area contributed by atoms with Crippen LogP contribution in [-0.4, -0.2) is 37.6 Å². The number of amides is 1. The SMILES string of the molecule is COc1ccc(OC)c(NC(=O)COC(=O)/C=C/c2ccc([N+](=O)[O-])o2)c1. The van der Waals surface area contributed by atoms with Gasteiger partial charge in [-0.25, -0.2) is 4.79 Å². The fourth-order valence-corrected chi connectivity index (χ4v) is 1.96. The highest BCUT2D eigenvalue weighted by Gasteiger charge is 2.12. The summed E-state index contributed by atoms with van der Waals surface area (Å²) < 4.78 is 19.8. The second kappa shape index (κ2) is 9.04. The van der Waals surface area contributed by atoms with Gasteiger partial charge in [-0.3, -0.25) is 14.9 Å². The zero-order chi connectivity index (χ0) is 19.8. The number of furan rings is 1. The Morgan fingerprint density at radius 1 is 1.22 bits per heavy atom. The third-order valence-electron chi connectivity index (χ3n) is 3.20. The van der Waals surface area contributed by atoms with Gasteiger partial charge >= 0.3 is 11.9 Å². The predicted molar refractivity (Wildman–Crippen MR) is 93.5 cm³/mol. The smallest absolute Gasteiger partial charge is 0.433 e. The average Bonchev–Trinajstić information content (AvgIpc) is 3.14. The molecule has 142 valence electrons. The lowest BCUT2D eigenvalue weighted by Gasteiger charge is -2.11. The molecule has 10 heteroatoms. The number of hydrogen-bond donors (Lipinski definition) is 1. The molecule has 27 heavy (non-hydrogen) atoms. The molecule has 2 rings (SSSR count). The fourth-order valence-electron chi connectivity index (χ4n) is 1.96. The normalized spacial score (nSPS) is 10.4. The molecular formula is C17H16N2O8. The van der Waals surface area contributed by atoms with Crippen LogP contribution in [0.15, 0.2) is 40.8 Å². The highest BCUT2D eigenvalue weighted by Crippen LogP contribution is 2.28. The molecule has 10 nitrogen and oxygen atoms in total. The topological polar surface area (TPSA) is 130 Å². The summed E-state index contributed by atoms with van der Waals surface area (Å²) >= 11 is 0. The van der Waals surface area contributed by atoms with Gasteiger partial charge in [-0.2, -0.15) is 0 Å². The molecule has 0 atom stereocenters. The Kier molecular flexibility index (Phi) is 6.53. The maximum Gasteiger partial charge on any atom is 0.433 e. The van der Waals surface area contributed by atoms with Gasteiger partial charge in [-0.15, -0.1) is 0 Å². The van der Waals surface area contributed by atoms with E-state index in [1.54, 1.807) is 18.2 Å². The van der Waals surface area contributed by atoms with Gasteiger partial charge in [0.1, 0.15) is 22.2 Å². The molecule has 0 unspecified atom stereocenters. The van der Waals surface area contributed by atoms with E-state index in [9.17, 15) is 19.7 Å². The first-order chi connectivity index (χ1) is 12.9. The molecule has 0 saturated heterocycles. The van der Waals surface area contributed by atoms with Crippen molar-refractivity contribution in [2.75, 3.05) is 26.1 Å². The van der Waals surface area contributed by atoms with Gasteiger partial charge in [0.25, 0.3) is 5.91 Å². The van der Waals surface area contributed by atoms with Crippen LogP contribution in [0.2, 0.25) is 0 Å². The van der Waals surface area contributed by atoms with Gasteiger partial charge in [0.2, 0.25) is 0 Å². The van der Waals surface area contributed by atoms with E-state index >= 15 is 0 Å². The summed E-state index contributed by atoms with van der Waals surface area (Å²) in [5.41, 5.74) is 0.358. The maximum atomic E-state index is 11.9. The van der Waals surface area contributed by atoms with Gasteiger partial charge < -0.3 is 23.9 Å². The van der Waals surface area contributed by atoms with Crippen LogP contribution in [0.1, 0.15) is 5.76 Å². The number of anilines is 1. The standard InChI is InChI=1S/C17H16N2O8/c1-24-12-3-6-14(25-2)13(9-12)18-15(20)10-26-17(21)8-5-11-4-7-16(27-11)19(22)23/h3-9H,10H2,1-2H3,(H,18,20)/b8-5+. The number of hydrogen-bond acceptors (Lipinski definition) is 8. The summed E-state index contributed by atoms with van der Waals surface area (Å²) in [4.78, 5) is 33.4. The first kappa shape index (κ1) is 19.5. The molecule has 1 heterocycles. The lowest BCUT2D eigenvalue weighted by molar-refractivity contribution is -0.402. The third kappa shape index (κ3) is 5.59. The van der Waals surface area contributed by atoms with Gasteiger partial charge in [0.05, 0.1) is 26.0 Å². The Balaban J connectivity index is 1.88. The largest absolute Gasteiger partial charge is 0.497 e. The Morgan fingerprint density at radius 2 is 2.00 bits per heavy atom. The number of esters is 1. The third-order valence-corrected chi connectivity index (χ3v) is 3.20. The lowest BCUT2D eigenvalue weighted by atomic mass is 10.2. The maximum absolute atomic E-state index is 11.9. The van der Waals surface area contributed by atoms with Crippen LogP contribution in [0.25, 0.3) is 6.08 Å². The molecule has 0 bridgehead atoms. The van der Waals surface area contributed by atoms with Gasteiger partial charge in [-0.1, -0.05) is 0 Å². The number of ether oxygens (including phenoxy) is 3. The molecule has 0 saturated carbocycles. The molecule has 0 radical (unpaired) electrons. The fraction of sp³-hybridized carbons (Fsp3) is 0.176. The molecule has 0 aliphatic carbocycles. The zero-order valence-electron chi connectivity index (χ0n) is 14.5. The second-order valence-electron chi connectivity index (χ2n) is 4.99. The van der Waals surface area contributed by atoms with Crippen LogP contribution < -0.4 is 14.8 Å². The Morgan fingerprint density at radius 3 is 2.63 bits per heavy atom. The zero-order valence-corrected chi connectivity index (χ0v) is 14.5. The molecule has 0 aliphatic heterocycles. The molecule has 1 N–H and O–H groups in total. The molecule has 0 aliphatic rings. The van der Waals surface area contributed by atoms with E-state index in [1.807, 2.05) is 0 Å². The number of carbonyl (C=O) groups excluding carboxylic acids is 2. The first-order valence-electron chi connectivity index (χ1n) is 7.54. The van der Waals surface area contributed by atoms with Crippen molar-refractivity contribution < 1.29 is 33.1 Å². The summed E-state index contributed by atoms with van der Waals surface area (Å²) in [6.07, 6.45) is 2.18. The summed E-state index contributed by atoms with van der Waals surface area (Å²) in [5, 5.41) is 13.0. The number of nitrogens with one attached hydrogen (secondary N) is 1. The minimum Gasteiger partial charge on any atom is -0.497 e. The molecule has 1 amide bonds. The van der Waals surface area contributed by atoms with Crippen molar-refractivity contribution in [2.45, 2.75) is 0 Å². The summed E-state index contributed by atoms with van der Waals surface area (Å²) in [5.74, 6) is -0.828. The van der Waals surface area contributed by atoms with Crippen LogP contribution in [-0.2, 0) is 14.3 Å². The lowest BCUT2D eigenvalue weighted by Crippen LogP contribution is -2.20. The molecular weight excluding hydrogens is 360 g/mol. The van der Waals surface area contributed by atoms with Crippen molar-refractivity contribution in [3.8, 4) is 11.5 Å². The van der Waals surface area contributed by atoms with Gasteiger partial charge in [0.15, 0.2) is 6.61 Å². The number of nitro groups is 1. The molecule has 0 spiro atoms. The molecule has 1 aromatic carbocycles. The number of carbonyl (C=O) groups is 2. The quantitative estimate of drug-likeness (QED) is 0.322. The van der Waals surface area contributed by atoms with Crippen molar-refractivity contribution in [1.82, 2.24) is 0 Å². The van der Waals surface area contributed by atoms with Crippen molar-refractivity contribution in [3.05, 3.63) is 52.3 Å². The second-order valence-corrected chi connectivity index (χ2v) is 4.99. The van der Waals surface area contributed by atoms with E-state index in [0.717, 1.165) is 12.1 Å². The highest BCUT2D eigenvalue weighted by molar-refractivity contribution is 5.95. The first-order valence-corrected chi connectivity index (χ1v) is 7.54. The monoisotopic (exact) mass is 376 g/mol. The van der Waals surface area contributed by atoms with Crippen LogP contribution >= 0.6 is 0 Å². The van der Waals surface area contributed by atoms with Crippen LogP contribution in [0.3, 0.4) is 0 Å². The Hall–Kier alpha value is -3.82. The van der Waals surface area contributed by atoms with Crippen molar-refractivity contribution >= 4 is 29.5 Å². The van der Waals surface area contributed by atoms with Crippen molar-refractivity contribution in [3.63, 3.8) is 0 Å². The number of methoxy groups -OCH3 is 2. The summed E-state index contributed by atoms with van der Waals surface area (Å²) in [6.45, 7) is -0.540. The van der Waals surface area contributed by atoms with E-state index in [4.69, 9.17) is 18.6 Å². The number of rotatable bonds is 8. The summed E-state index contributed by atoms with van der Waals surface area (Å²) in [7, 11) is 2.93. The van der Waals surface area contributed by atoms with Crippen molar-refractivity contribution in [2.24, 2.45) is 0 Å². The number of nitrogens with zero attached hydrogens (tertiary/aromatic N) is 1. The Bertz CT molecular complexity index is 872. The van der Waals surface area contributed by atoms with Gasteiger partial charge in [-0.05, 0) is 24.3 Å². The van der Waals surface area contributed by atoms with E-state index in [-0.39, 0.29) is 5.76 Å². The molecule has 0 fully saturated rings.